The highest BCUT2D eigenvalue weighted by Crippen LogP contribution is 2.21. The predicted octanol–water partition coefficient (Wildman–Crippen LogP) is 4.04. The quantitative estimate of drug-likeness (QED) is 0.838. The Balaban J connectivity index is 1.71. The van der Waals surface area contributed by atoms with Gasteiger partial charge in [0.2, 0.25) is 5.91 Å². The fourth-order valence-corrected chi connectivity index (χ4v) is 3.32. The van der Waals surface area contributed by atoms with Gasteiger partial charge in [0, 0.05) is 24.7 Å². The molecule has 0 bridgehead atoms. The SMILES string of the molecule is CC(C)(C)OC(=O)N1CCCC(CCNC(=O)Cc2cccc(Cl)c2)C1. The van der Waals surface area contributed by atoms with Crippen molar-refractivity contribution in [3.8, 4) is 0 Å². The summed E-state index contributed by atoms with van der Waals surface area (Å²) in [6.07, 6.45) is 2.99. The molecule has 1 aliphatic rings. The largest absolute Gasteiger partial charge is 0.444 e. The lowest BCUT2D eigenvalue weighted by Crippen LogP contribution is -2.43. The Labute approximate surface area is 161 Å². The summed E-state index contributed by atoms with van der Waals surface area (Å²) in [4.78, 5) is 26.0. The molecule has 0 radical (unpaired) electrons. The first-order chi connectivity index (χ1) is 12.2. The molecule has 1 heterocycles. The van der Waals surface area contributed by atoms with Gasteiger partial charge in [-0.05, 0) is 63.6 Å². The van der Waals surface area contributed by atoms with Gasteiger partial charge in [-0.1, -0.05) is 23.7 Å². The number of likely N-dealkylation sites (tertiary alicyclic amines) is 1. The van der Waals surface area contributed by atoms with Crippen LogP contribution in [-0.4, -0.2) is 42.1 Å². The van der Waals surface area contributed by atoms with E-state index in [0.29, 0.717) is 30.5 Å². The summed E-state index contributed by atoms with van der Waals surface area (Å²) in [7, 11) is 0. The Hall–Kier alpha value is -1.75. The molecule has 1 fully saturated rings. The number of nitrogens with zero attached hydrogens (tertiary/aromatic N) is 1. The number of piperidine rings is 1. The zero-order valence-electron chi connectivity index (χ0n) is 15.9. The van der Waals surface area contributed by atoms with Crippen LogP contribution in [0.1, 0.15) is 45.6 Å². The van der Waals surface area contributed by atoms with Crippen LogP contribution < -0.4 is 5.32 Å². The van der Waals surface area contributed by atoms with Crippen molar-refractivity contribution in [1.82, 2.24) is 10.2 Å². The van der Waals surface area contributed by atoms with Gasteiger partial charge in [0.15, 0.2) is 0 Å². The van der Waals surface area contributed by atoms with Crippen molar-refractivity contribution in [3.05, 3.63) is 34.9 Å². The van der Waals surface area contributed by atoms with Crippen LogP contribution in [0.4, 0.5) is 4.79 Å². The van der Waals surface area contributed by atoms with E-state index in [9.17, 15) is 9.59 Å². The van der Waals surface area contributed by atoms with E-state index in [1.54, 1.807) is 17.0 Å². The molecule has 1 aromatic rings. The van der Waals surface area contributed by atoms with Gasteiger partial charge in [0.25, 0.3) is 0 Å². The first kappa shape index (κ1) is 20.6. The molecule has 1 N–H and O–H groups in total. The summed E-state index contributed by atoms with van der Waals surface area (Å²) >= 11 is 5.94. The maximum atomic E-state index is 12.2. The van der Waals surface area contributed by atoms with Gasteiger partial charge < -0.3 is 15.0 Å². The van der Waals surface area contributed by atoms with E-state index in [1.807, 2.05) is 32.9 Å². The topological polar surface area (TPSA) is 58.6 Å². The summed E-state index contributed by atoms with van der Waals surface area (Å²) < 4.78 is 5.45. The van der Waals surface area contributed by atoms with Crippen LogP contribution in [0.5, 0.6) is 0 Å². The number of halogens is 1. The number of hydrogen-bond acceptors (Lipinski definition) is 3. The van der Waals surface area contributed by atoms with Gasteiger partial charge in [-0.2, -0.15) is 0 Å². The molecule has 2 rings (SSSR count). The molecule has 1 aromatic carbocycles. The number of carbonyl (C=O) groups excluding carboxylic acids is 2. The molecule has 1 atom stereocenters. The number of rotatable bonds is 5. The Morgan fingerprint density at radius 2 is 2.12 bits per heavy atom. The Morgan fingerprint density at radius 1 is 1.35 bits per heavy atom. The predicted molar refractivity (Wildman–Crippen MR) is 103 cm³/mol. The smallest absolute Gasteiger partial charge is 0.410 e. The van der Waals surface area contributed by atoms with Crippen molar-refractivity contribution < 1.29 is 14.3 Å². The number of amides is 2. The maximum absolute atomic E-state index is 12.2. The van der Waals surface area contributed by atoms with E-state index in [2.05, 4.69) is 5.32 Å². The van der Waals surface area contributed by atoms with Crippen LogP contribution in [0.3, 0.4) is 0 Å². The Bertz CT molecular complexity index is 628. The van der Waals surface area contributed by atoms with Crippen molar-refractivity contribution in [2.45, 2.75) is 52.1 Å². The zero-order valence-corrected chi connectivity index (χ0v) is 16.6. The van der Waals surface area contributed by atoms with Crippen LogP contribution in [0.2, 0.25) is 5.02 Å². The fraction of sp³-hybridized carbons (Fsp3) is 0.600. The highest BCUT2D eigenvalue weighted by atomic mass is 35.5. The molecule has 1 unspecified atom stereocenters. The molecular weight excluding hydrogens is 352 g/mol. The molecule has 0 saturated carbocycles. The fourth-order valence-electron chi connectivity index (χ4n) is 3.10. The first-order valence-electron chi connectivity index (χ1n) is 9.22. The summed E-state index contributed by atoms with van der Waals surface area (Å²) in [6, 6.07) is 7.34. The molecule has 144 valence electrons. The lowest BCUT2D eigenvalue weighted by molar-refractivity contribution is -0.120. The molecular formula is C20H29ClN2O3. The molecule has 1 aliphatic heterocycles. The average molecular weight is 381 g/mol. The van der Waals surface area contributed by atoms with E-state index in [-0.39, 0.29) is 12.0 Å². The highest BCUT2D eigenvalue weighted by Gasteiger charge is 2.27. The van der Waals surface area contributed by atoms with Gasteiger partial charge in [-0.15, -0.1) is 0 Å². The molecule has 5 nitrogen and oxygen atoms in total. The zero-order chi connectivity index (χ0) is 19.2. The minimum atomic E-state index is -0.474. The summed E-state index contributed by atoms with van der Waals surface area (Å²) in [5.74, 6) is 0.384. The van der Waals surface area contributed by atoms with E-state index in [0.717, 1.165) is 31.4 Å². The van der Waals surface area contributed by atoms with Gasteiger partial charge >= 0.3 is 6.09 Å². The second kappa shape index (κ2) is 9.26. The van der Waals surface area contributed by atoms with Gasteiger partial charge in [-0.25, -0.2) is 4.79 Å². The first-order valence-corrected chi connectivity index (χ1v) is 9.60. The lowest BCUT2D eigenvalue weighted by Gasteiger charge is -2.34. The van der Waals surface area contributed by atoms with Crippen molar-refractivity contribution in [1.29, 1.82) is 0 Å². The number of nitrogens with one attached hydrogen (secondary N) is 1. The second-order valence-corrected chi connectivity index (χ2v) is 8.32. The van der Waals surface area contributed by atoms with Crippen LogP contribution in [0, 0.1) is 5.92 Å². The summed E-state index contributed by atoms with van der Waals surface area (Å²) in [5, 5.41) is 3.60. The van der Waals surface area contributed by atoms with E-state index < -0.39 is 5.60 Å². The van der Waals surface area contributed by atoms with Crippen molar-refractivity contribution in [2.75, 3.05) is 19.6 Å². The molecule has 26 heavy (non-hydrogen) atoms. The molecule has 0 aromatic heterocycles. The highest BCUT2D eigenvalue weighted by molar-refractivity contribution is 6.30. The van der Waals surface area contributed by atoms with Crippen molar-refractivity contribution in [2.24, 2.45) is 5.92 Å². The molecule has 0 spiro atoms. The third-order valence-corrected chi connectivity index (χ3v) is 4.53. The van der Waals surface area contributed by atoms with Gasteiger partial charge in [0.05, 0.1) is 6.42 Å². The molecule has 0 aliphatic carbocycles. The number of hydrogen-bond donors (Lipinski definition) is 1. The van der Waals surface area contributed by atoms with Crippen molar-refractivity contribution in [3.63, 3.8) is 0 Å². The van der Waals surface area contributed by atoms with Gasteiger partial charge in [-0.3, -0.25) is 4.79 Å². The second-order valence-electron chi connectivity index (χ2n) is 7.88. The average Bonchev–Trinajstić information content (AvgIpc) is 2.53. The van der Waals surface area contributed by atoms with Crippen LogP contribution in [-0.2, 0) is 16.0 Å². The van der Waals surface area contributed by atoms with Crippen LogP contribution in [0.15, 0.2) is 24.3 Å². The minimum Gasteiger partial charge on any atom is -0.444 e. The Morgan fingerprint density at radius 3 is 2.81 bits per heavy atom. The van der Waals surface area contributed by atoms with E-state index in [1.165, 1.54) is 0 Å². The lowest BCUT2D eigenvalue weighted by atomic mass is 9.95. The standard InChI is InChI=1S/C20H29ClN2O3/c1-20(2,3)26-19(25)23-11-5-7-15(14-23)9-10-22-18(24)13-16-6-4-8-17(21)12-16/h4,6,8,12,15H,5,7,9-11,13-14H2,1-3H3,(H,22,24). The third-order valence-electron chi connectivity index (χ3n) is 4.30. The summed E-state index contributed by atoms with van der Waals surface area (Å²) in [5.41, 5.74) is 0.432. The molecule has 6 heteroatoms. The molecule has 1 saturated heterocycles. The third kappa shape index (κ3) is 7.24. The minimum absolute atomic E-state index is 0.00734. The molecule has 2 amide bonds. The monoisotopic (exact) mass is 380 g/mol. The van der Waals surface area contributed by atoms with Crippen molar-refractivity contribution >= 4 is 23.6 Å². The number of ether oxygens (including phenoxy) is 1. The number of carbonyl (C=O) groups is 2. The maximum Gasteiger partial charge on any atom is 0.410 e. The van der Waals surface area contributed by atoms with E-state index in [4.69, 9.17) is 16.3 Å². The van der Waals surface area contributed by atoms with Crippen LogP contribution in [0.25, 0.3) is 0 Å². The normalized spacial score (nSPS) is 17.7. The Kier molecular flexibility index (Phi) is 7.33. The summed E-state index contributed by atoms with van der Waals surface area (Å²) in [6.45, 7) is 7.68. The van der Waals surface area contributed by atoms with E-state index >= 15 is 0 Å². The van der Waals surface area contributed by atoms with Gasteiger partial charge in [0.1, 0.15) is 5.60 Å². The number of benzene rings is 1. The van der Waals surface area contributed by atoms with Crippen LogP contribution >= 0.6 is 11.6 Å².